The van der Waals surface area contributed by atoms with E-state index in [2.05, 4.69) is 15.8 Å². The van der Waals surface area contributed by atoms with E-state index in [1.54, 1.807) is 30.5 Å². The first-order valence-electron chi connectivity index (χ1n) is 7.11. The van der Waals surface area contributed by atoms with Crippen LogP contribution in [0.5, 0.6) is 0 Å². The van der Waals surface area contributed by atoms with Crippen molar-refractivity contribution in [3.63, 3.8) is 0 Å². The topological polar surface area (TPSA) is 66.6 Å². The average Bonchev–Trinajstić information content (AvgIpc) is 3.09. The van der Waals surface area contributed by atoms with Gasteiger partial charge in [-0.05, 0) is 36.4 Å². The Kier molecular flexibility index (Phi) is 4.49. The highest BCUT2D eigenvalue weighted by atomic mass is 16.3. The third-order valence-electron chi connectivity index (χ3n) is 3.13. The Morgan fingerprint density at radius 2 is 1.74 bits per heavy atom. The Balaban J connectivity index is 1.73. The minimum Gasteiger partial charge on any atom is -0.463 e. The lowest BCUT2D eigenvalue weighted by Crippen LogP contribution is -2.18. The summed E-state index contributed by atoms with van der Waals surface area (Å²) >= 11 is 0. The van der Waals surface area contributed by atoms with E-state index in [1.807, 2.05) is 42.5 Å². The van der Waals surface area contributed by atoms with Gasteiger partial charge >= 0.3 is 0 Å². The van der Waals surface area contributed by atoms with Crippen LogP contribution < -0.4 is 10.7 Å². The van der Waals surface area contributed by atoms with Crippen LogP contribution in [0.1, 0.15) is 16.1 Å². The number of nitrogens with one attached hydrogen (secondary N) is 2. The number of benzene rings is 2. The lowest BCUT2D eigenvalue weighted by Gasteiger charge is -2.10. The predicted molar refractivity (Wildman–Crippen MR) is 89.9 cm³/mol. The molecule has 0 unspecified atom stereocenters. The van der Waals surface area contributed by atoms with Crippen molar-refractivity contribution in [3.8, 4) is 0 Å². The first-order chi connectivity index (χ1) is 11.3. The molecule has 23 heavy (non-hydrogen) atoms. The number of carbonyl (C=O) groups excluding carboxylic acids is 1. The fraction of sp³-hybridized carbons (Fsp3) is 0. The molecule has 0 bridgehead atoms. The summed E-state index contributed by atoms with van der Waals surface area (Å²) in [5, 5.41) is 7.12. The van der Waals surface area contributed by atoms with Crippen LogP contribution in [0, 0.1) is 0 Å². The van der Waals surface area contributed by atoms with E-state index in [4.69, 9.17) is 4.42 Å². The van der Waals surface area contributed by atoms with E-state index >= 15 is 0 Å². The number of para-hydroxylation sites is 2. The molecule has 0 spiro atoms. The molecule has 5 nitrogen and oxygen atoms in total. The molecule has 0 fully saturated rings. The number of nitrogens with zero attached hydrogens (tertiary/aromatic N) is 1. The second-order valence-electron chi connectivity index (χ2n) is 4.75. The van der Waals surface area contributed by atoms with Crippen LogP contribution in [0.4, 0.5) is 11.4 Å². The van der Waals surface area contributed by atoms with Gasteiger partial charge in [0.05, 0.1) is 23.7 Å². The number of hydrazone groups is 1. The van der Waals surface area contributed by atoms with Gasteiger partial charge in [0.1, 0.15) is 5.76 Å². The first-order valence-corrected chi connectivity index (χ1v) is 7.11. The van der Waals surface area contributed by atoms with Crippen LogP contribution in [0.15, 0.2) is 82.5 Å². The van der Waals surface area contributed by atoms with E-state index in [-0.39, 0.29) is 5.91 Å². The monoisotopic (exact) mass is 305 g/mol. The van der Waals surface area contributed by atoms with Gasteiger partial charge in [-0.25, -0.2) is 5.43 Å². The van der Waals surface area contributed by atoms with Crippen molar-refractivity contribution in [1.82, 2.24) is 5.43 Å². The number of anilines is 2. The molecule has 0 aliphatic rings. The van der Waals surface area contributed by atoms with Crippen LogP contribution in [0.25, 0.3) is 0 Å². The molecule has 0 saturated heterocycles. The highest BCUT2D eigenvalue weighted by molar-refractivity contribution is 6.00. The number of furan rings is 1. The summed E-state index contributed by atoms with van der Waals surface area (Å²) in [6.45, 7) is 0. The van der Waals surface area contributed by atoms with Crippen molar-refractivity contribution < 1.29 is 9.21 Å². The Morgan fingerprint density at radius 1 is 0.957 bits per heavy atom. The van der Waals surface area contributed by atoms with E-state index in [0.29, 0.717) is 17.0 Å². The predicted octanol–water partition coefficient (Wildman–Crippen LogP) is 3.79. The highest BCUT2D eigenvalue weighted by Gasteiger charge is 2.10. The SMILES string of the molecule is O=C(N/N=C/c1ccco1)c1ccccc1Nc1ccccc1. The third kappa shape index (κ3) is 3.85. The van der Waals surface area contributed by atoms with E-state index in [0.717, 1.165) is 5.69 Å². The summed E-state index contributed by atoms with van der Waals surface area (Å²) in [6, 6.07) is 20.4. The van der Waals surface area contributed by atoms with Gasteiger partial charge in [-0.1, -0.05) is 30.3 Å². The molecule has 1 aromatic heterocycles. The average molecular weight is 305 g/mol. The minimum absolute atomic E-state index is 0.299. The molecule has 1 heterocycles. The number of amides is 1. The maximum Gasteiger partial charge on any atom is 0.273 e. The largest absolute Gasteiger partial charge is 0.463 e. The zero-order valence-electron chi connectivity index (χ0n) is 12.3. The number of rotatable bonds is 5. The molecule has 0 radical (unpaired) electrons. The zero-order valence-corrected chi connectivity index (χ0v) is 12.3. The van der Waals surface area contributed by atoms with Crippen molar-refractivity contribution in [2.45, 2.75) is 0 Å². The molecule has 0 atom stereocenters. The molecule has 1 amide bonds. The lowest BCUT2D eigenvalue weighted by molar-refractivity contribution is 0.0956. The van der Waals surface area contributed by atoms with Gasteiger partial charge in [-0.3, -0.25) is 4.79 Å². The van der Waals surface area contributed by atoms with Crippen molar-refractivity contribution in [3.05, 3.63) is 84.3 Å². The van der Waals surface area contributed by atoms with Gasteiger partial charge in [0.15, 0.2) is 0 Å². The maximum absolute atomic E-state index is 12.3. The van der Waals surface area contributed by atoms with Gasteiger partial charge in [0, 0.05) is 5.69 Å². The summed E-state index contributed by atoms with van der Waals surface area (Å²) in [5.41, 5.74) is 4.62. The maximum atomic E-state index is 12.3. The van der Waals surface area contributed by atoms with Crippen LogP contribution in [0.2, 0.25) is 0 Å². The molecule has 0 aliphatic heterocycles. The normalized spacial score (nSPS) is 10.6. The quantitative estimate of drug-likeness (QED) is 0.557. The van der Waals surface area contributed by atoms with Gasteiger partial charge in [-0.2, -0.15) is 5.10 Å². The molecular formula is C18H15N3O2. The van der Waals surface area contributed by atoms with Crippen LogP contribution >= 0.6 is 0 Å². The molecule has 0 aliphatic carbocycles. The first kappa shape index (κ1) is 14.6. The Morgan fingerprint density at radius 3 is 2.52 bits per heavy atom. The lowest BCUT2D eigenvalue weighted by atomic mass is 10.1. The fourth-order valence-corrected chi connectivity index (χ4v) is 2.05. The summed E-state index contributed by atoms with van der Waals surface area (Å²) in [6.07, 6.45) is 2.99. The van der Waals surface area contributed by atoms with E-state index < -0.39 is 0 Å². The summed E-state index contributed by atoms with van der Waals surface area (Å²) in [4.78, 5) is 12.3. The second kappa shape index (κ2) is 7.09. The van der Waals surface area contributed by atoms with Crippen molar-refractivity contribution in [2.24, 2.45) is 5.10 Å². The standard InChI is InChI=1S/C18H15N3O2/c22-18(21-19-13-15-9-6-12-23-15)16-10-4-5-11-17(16)20-14-7-2-1-3-8-14/h1-13,20H,(H,21,22)/b19-13+. The molecule has 0 saturated carbocycles. The molecule has 3 aromatic rings. The molecule has 114 valence electrons. The fourth-order valence-electron chi connectivity index (χ4n) is 2.05. The molecule has 3 rings (SSSR count). The Hall–Kier alpha value is -3.34. The Bertz CT molecular complexity index is 796. The van der Waals surface area contributed by atoms with Crippen LogP contribution in [-0.4, -0.2) is 12.1 Å². The smallest absolute Gasteiger partial charge is 0.273 e. The third-order valence-corrected chi connectivity index (χ3v) is 3.13. The Labute approximate surface area is 133 Å². The molecule has 2 aromatic carbocycles. The zero-order chi connectivity index (χ0) is 15.9. The summed E-state index contributed by atoms with van der Waals surface area (Å²) < 4.78 is 5.11. The van der Waals surface area contributed by atoms with Crippen LogP contribution in [-0.2, 0) is 0 Å². The van der Waals surface area contributed by atoms with Gasteiger partial charge in [-0.15, -0.1) is 0 Å². The minimum atomic E-state index is -0.299. The molecular weight excluding hydrogens is 290 g/mol. The summed E-state index contributed by atoms with van der Waals surface area (Å²) in [5.74, 6) is 0.271. The van der Waals surface area contributed by atoms with Gasteiger partial charge in [0.2, 0.25) is 0 Å². The van der Waals surface area contributed by atoms with E-state index in [9.17, 15) is 4.79 Å². The molecule has 5 heteroatoms. The summed E-state index contributed by atoms with van der Waals surface area (Å²) in [7, 11) is 0. The number of hydrogen-bond acceptors (Lipinski definition) is 4. The molecule has 2 N–H and O–H groups in total. The van der Waals surface area contributed by atoms with Gasteiger partial charge in [0.25, 0.3) is 5.91 Å². The van der Waals surface area contributed by atoms with Crippen molar-refractivity contribution >= 4 is 23.5 Å². The van der Waals surface area contributed by atoms with Crippen LogP contribution in [0.3, 0.4) is 0 Å². The van der Waals surface area contributed by atoms with E-state index in [1.165, 1.54) is 6.21 Å². The highest BCUT2D eigenvalue weighted by Crippen LogP contribution is 2.20. The van der Waals surface area contributed by atoms with Crippen molar-refractivity contribution in [2.75, 3.05) is 5.32 Å². The second-order valence-corrected chi connectivity index (χ2v) is 4.75. The number of hydrogen-bond donors (Lipinski definition) is 2. The number of carbonyl (C=O) groups is 1. The van der Waals surface area contributed by atoms with Gasteiger partial charge < -0.3 is 9.73 Å². The van der Waals surface area contributed by atoms with Crippen molar-refractivity contribution in [1.29, 1.82) is 0 Å².